The van der Waals surface area contributed by atoms with Gasteiger partial charge >= 0.3 is 0 Å². The number of amides is 1. The summed E-state index contributed by atoms with van der Waals surface area (Å²) in [5, 5.41) is 2.64. The monoisotopic (exact) mass is 380 g/mol. The van der Waals surface area contributed by atoms with Crippen LogP contribution in [0.25, 0.3) is 0 Å². The van der Waals surface area contributed by atoms with Crippen molar-refractivity contribution in [2.24, 2.45) is 0 Å². The zero-order chi connectivity index (χ0) is 18.4. The van der Waals surface area contributed by atoms with E-state index in [0.29, 0.717) is 11.4 Å². The van der Waals surface area contributed by atoms with Crippen LogP contribution in [0.15, 0.2) is 58.3 Å². The fourth-order valence-corrected chi connectivity index (χ4v) is 3.32. The zero-order valence-corrected chi connectivity index (χ0v) is 15.9. The number of rotatable bonds is 7. The zero-order valence-electron chi connectivity index (χ0n) is 14.2. The van der Waals surface area contributed by atoms with Gasteiger partial charge in [0, 0.05) is 24.7 Å². The molecule has 2 rings (SSSR count). The highest BCUT2D eigenvalue weighted by Gasteiger charge is 2.17. The van der Waals surface area contributed by atoms with Crippen molar-refractivity contribution in [1.82, 2.24) is 4.31 Å². The van der Waals surface area contributed by atoms with Gasteiger partial charge in [0.05, 0.1) is 4.90 Å². The Balaban J connectivity index is 1.98. The first-order valence-electron chi connectivity index (χ1n) is 7.42. The molecule has 0 fully saturated rings. The molecular weight excluding hydrogens is 360 g/mol. The SMILES string of the molecule is CSc1ccc(OCC(=O)Nc2cccc(S(=O)(=O)N(C)C)c2)cc1. The summed E-state index contributed by atoms with van der Waals surface area (Å²) in [6, 6.07) is 13.5. The molecule has 0 aromatic heterocycles. The van der Waals surface area contributed by atoms with Crippen LogP contribution in [0.3, 0.4) is 0 Å². The molecule has 0 atom stereocenters. The topological polar surface area (TPSA) is 75.7 Å². The number of hydrogen-bond acceptors (Lipinski definition) is 5. The predicted octanol–water partition coefficient (Wildman–Crippen LogP) is 2.68. The van der Waals surface area contributed by atoms with Crippen molar-refractivity contribution < 1.29 is 17.9 Å². The second kappa shape index (κ2) is 8.37. The summed E-state index contributed by atoms with van der Waals surface area (Å²) in [5.74, 6) is 0.227. The van der Waals surface area contributed by atoms with Crippen LogP contribution in [0.1, 0.15) is 0 Å². The number of anilines is 1. The van der Waals surface area contributed by atoms with Crippen molar-refractivity contribution >= 4 is 33.4 Å². The van der Waals surface area contributed by atoms with E-state index >= 15 is 0 Å². The first-order valence-corrected chi connectivity index (χ1v) is 10.1. The number of nitrogens with one attached hydrogen (secondary N) is 1. The summed E-state index contributed by atoms with van der Waals surface area (Å²) >= 11 is 1.62. The van der Waals surface area contributed by atoms with Crippen LogP contribution in [0.2, 0.25) is 0 Å². The standard InChI is InChI=1S/C17H20N2O4S2/c1-19(2)25(21,22)16-6-4-5-13(11-16)18-17(20)12-23-14-7-9-15(24-3)10-8-14/h4-11H,12H2,1-3H3,(H,18,20). The summed E-state index contributed by atoms with van der Waals surface area (Å²) in [7, 11) is -0.638. The predicted molar refractivity (Wildman–Crippen MR) is 99.7 cm³/mol. The third-order valence-electron chi connectivity index (χ3n) is 3.33. The Morgan fingerprint density at radius 2 is 1.84 bits per heavy atom. The molecule has 0 aliphatic heterocycles. The fraction of sp³-hybridized carbons (Fsp3) is 0.235. The maximum Gasteiger partial charge on any atom is 0.262 e. The number of carbonyl (C=O) groups excluding carboxylic acids is 1. The molecule has 0 radical (unpaired) electrons. The Labute approximate surface area is 152 Å². The number of ether oxygens (including phenoxy) is 1. The lowest BCUT2D eigenvalue weighted by molar-refractivity contribution is -0.118. The van der Waals surface area contributed by atoms with Crippen molar-refractivity contribution in [3.8, 4) is 5.75 Å². The molecule has 2 aromatic rings. The van der Waals surface area contributed by atoms with Gasteiger partial charge in [0.25, 0.3) is 5.91 Å². The van der Waals surface area contributed by atoms with E-state index in [1.54, 1.807) is 36.0 Å². The van der Waals surface area contributed by atoms with E-state index in [-0.39, 0.29) is 17.4 Å². The van der Waals surface area contributed by atoms with Crippen molar-refractivity contribution in [3.63, 3.8) is 0 Å². The van der Waals surface area contributed by atoms with Crippen LogP contribution < -0.4 is 10.1 Å². The number of benzene rings is 2. The van der Waals surface area contributed by atoms with Gasteiger partial charge in [0.1, 0.15) is 5.75 Å². The number of thioether (sulfide) groups is 1. The third kappa shape index (κ3) is 5.22. The Kier molecular flexibility index (Phi) is 6.46. The average molecular weight is 380 g/mol. The number of hydrogen-bond donors (Lipinski definition) is 1. The van der Waals surface area contributed by atoms with Crippen LogP contribution in [-0.2, 0) is 14.8 Å². The largest absolute Gasteiger partial charge is 0.484 e. The Hall–Kier alpha value is -2.03. The molecular formula is C17H20N2O4S2. The summed E-state index contributed by atoms with van der Waals surface area (Å²) < 4.78 is 30.8. The third-order valence-corrected chi connectivity index (χ3v) is 5.88. The second-order valence-corrected chi connectivity index (χ2v) is 8.36. The summed E-state index contributed by atoms with van der Waals surface area (Å²) in [6.07, 6.45) is 1.98. The molecule has 0 spiro atoms. The quantitative estimate of drug-likeness (QED) is 0.748. The normalized spacial score (nSPS) is 11.4. The van der Waals surface area contributed by atoms with Crippen LogP contribution in [0.4, 0.5) is 5.69 Å². The summed E-state index contributed by atoms with van der Waals surface area (Å²) in [4.78, 5) is 13.2. The first-order chi connectivity index (χ1) is 11.8. The van der Waals surface area contributed by atoms with Gasteiger partial charge in [0.15, 0.2) is 6.61 Å². The first kappa shape index (κ1) is 19.3. The molecule has 25 heavy (non-hydrogen) atoms. The molecule has 134 valence electrons. The molecule has 2 aromatic carbocycles. The molecule has 0 aliphatic rings. The van der Waals surface area contributed by atoms with Gasteiger partial charge in [-0.2, -0.15) is 0 Å². The van der Waals surface area contributed by atoms with Crippen LogP contribution >= 0.6 is 11.8 Å². The van der Waals surface area contributed by atoms with E-state index in [2.05, 4.69) is 5.32 Å². The summed E-state index contributed by atoms with van der Waals surface area (Å²) in [6.45, 7) is -0.163. The number of sulfonamides is 1. The fourth-order valence-electron chi connectivity index (χ4n) is 1.96. The van der Waals surface area contributed by atoms with Crippen molar-refractivity contribution in [2.75, 3.05) is 32.3 Å². The molecule has 0 unspecified atom stereocenters. The van der Waals surface area contributed by atoms with E-state index < -0.39 is 10.0 Å². The van der Waals surface area contributed by atoms with Crippen molar-refractivity contribution in [3.05, 3.63) is 48.5 Å². The minimum Gasteiger partial charge on any atom is -0.484 e. The minimum atomic E-state index is -3.55. The number of nitrogens with zero attached hydrogens (tertiary/aromatic N) is 1. The van der Waals surface area contributed by atoms with E-state index in [1.807, 2.05) is 18.4 Å². The summed E-state index contributed by atoms with van der Waals surface area (Å²) in [5.41, 5.74) is 0.397. The molecule has 8 heteroatoms. The van der Waals surface area contributed by atoms with Crippen molar-refractivity contribution in [2.45, 2.75) is 9.79 Å². The molecule has 0 heterocycles. The highest BCUT2D eigenvalue weighted by Crippen LogP contribution is 2.20. The Morgan fingerprint density at radius 1 is 1.16 bits per heavy atom. The van der Waals surface area contributed by atoms with Gasteiger partial charge in [0.2, 0.25) is 10.0 Å². The number of carbonyl (C=O) groups is 1. The molecule has 6 nitrogen and oxygen atoms in total. The highest BCUT2D eigenvalue weighted by molar-refractivity contribution is 7.98. The second-order valence-electron chi connectivity index (χ2n) is 5.33. The van der Waals surface area contributed by atoms with Crippen molar-refractivity contribution in [1.29, 1.82) is 0 Å². The van der Waals surface area contributed by atoms with E-state index in [9.17, 15) is 13.2 Å². The lowest BCUT2D eigenvalue weighted by atomic mass is 10.3. The van der Waals surface area contributed by atoms with Gasteiger partial charge in [-0.15, -0.1) is 11.8 Å². The van der Waals surface area contributed by atoms with Crippen LogP contribution in [0, 0.1) is 0 Å². The molecule has 0 aliphatic carbocycles. The average Bonchev–Trinajstić information content (AvgIpc) is 2.60. The molecule has 1 N–H and O–H groups in total. The Bertz CT molecular complexity index is 834. The van der Waals surface area contributed by atoms with E-state index in [1.165, 1.54) is 26.2 Å². The molecule has 0 saturated heterocycles. The molecule has 0 saturated carbocycles. The van der Waals surface area contributed by atoms with Gasteiger partial charge in [-0.05, 0) is 48.7 Å². The van der Waals surface area contributed by atoms with E-state index in [0.717, 1.165) is 9.20 Å². The van der Waals surface area contributed by atoms with Gasteiger partial charge in [-0.3, -0.25) is 4.79 Å². The van der Waals surface area contributed by atoms with Crippen LogP contribution in [0.5, 0.6) is 5.75 Å². The maximum atomic E-state index is 12.1. The Morgan fingerprint density at radius 3 is 2.44 bits per heavy atom. The minimum absolute atomic E-state index is 0.115. The smallest absolute Gasteiger partial charge is 0.262 e. The van der Waals surface area contributed by atoms with Gasteiger partial charge in [-0.25, -0.2) is 12.7 Å². The van der Waals surface area contributed by atoms with E-state index in [4.69, 9.17) is 4.74 Å². The lowest BCUT2D eigenvalue weighted by Gasteiger charge is -2.13. The molecule has 0 bridgehead atoms. The maximum absolute atomic E-state index is 12.1. The van der Waals surface area contributed by atoms with Gasteiger partial charge < -0.3 is 10.1 Å². The van der Waals surface area contributed by atoms with Crippen LogP contribution in [-0.4, -0.2) is 45.6 Å². The highest BCUT2D eigenvalue weighted by atomic mass is 32.2. The molecule has 1 amide bonds. The lowest BCUT2D eigenvalue weighted by Crippen LogP contribution is -2.23. The van der Waals surface area contributed by atoms with Gasteiger partial charge in [-0.1, -0.05) is 6.07 Å².